The van der Waals surface area contributed by atoms with Crippen molar-refractivity contribution in [2.24, 2.45) is 5.92 Å². The fourth-order valence-electron chi connectivity index (χ4n) is 5.71. The molecule has 0 amide bonds. The van der Waals surface area contributed by atoms with Gasteiger partial charge in [0.1, 0.15) is 0 Å². The molecule has 0 heterocycles. The van der Waals surface area contributed by atoms with Crippen LogP contribution < -0.4 is 0 Å². The summed E-state index contributed by atoms with van der Waals surface area (Å²) in [6.07, 6.45) is 37.6. The number of unbranched alkanes of at least 4 members (excludes halogenated alkanes) is 18. The minimum absolute atomic E-state index is 0.521. The predicted octanol–water partition coefficient (Wildman–Crippen LogP) is 12.4. The highest BCUT2D eigenvalue weighted by Crippen LogP contribution is 2.44. The first-order valence-corrected chi connectivity index (χ1v) is 16.5. The molecule has 0 nitrogen and oxygen atoms in total. The molecule has 0 rings (SSSR count). The van der Waals surface area contributed by atoms with Crippen molar-refractivity contribution < 1.29 is 0 Å². The van der Waals surface area contributed by atoms with Crippen LogP contribution in [0.4, 0.5) is 0 Å². The average Bonchev–Trinajstić information content (AvgIpc) is 2.82. The number of hydrogen-bond acceptors (Lipinski definition) is 0. The van der Waals surface area contributed by atoms with Gasteiger partial charge in [-0.25, -0.2) is 0 Å². The molecule has 33 heavy (non-hydrogen) atoms. The van der Waals surface area contributed by atoms with Crippen LogP contribution in [0.5, 0.6) is 0 Å². The molecule has 0 aromatic rings. The summed E-state index contributed by atoms with van der Waals surface area (Å²) in [5, 5.41) is 0.521. The zero-order valence-electron chi connectivity index (χ0n) is 24.0. The molecular weight excluding hydrogens is 415 g/mol. The molecule has 2 atom stereocenters. The smallest absolute Gasteiger partial charge is 0.0122 e. The first kappa shape index (κ1) is 33.4. The first-order chi connectivity index (χ1) is 16.1. The van der Waals surface area contributed by atoms with Gasteiger partial charge in [-0.3, -0.25) is 0 Å². The molecule has 1 heteroatoms. The van der Waals surface area contributed by atoms with E-state index in [1.165, 1.54) is 167 Å². The Morgan fingerprint density at radius 2 is 0.667 bits per heavy atom. The molecule has 2 unspecified atom stereocenters. The van der Waals surface area contributed by atoms with E-state index < -0.39 is 0 Å². The van der Waals surface area contributed by atoms with Crippen molar-refractivity contribution in [1.82, 2.24) is 0 Å². The third-order valence-electron chi connectivity index (χ3n) is 8.12. The third kappa shape index (κ3) is 20.3. The van der Waals surface area contributed by atoms with Crippen LogP contribution in [0.15, 0.2) is 0 Å². The van der Waals surface area contributed by atoms with E-state index in [2.05, 4.69) is 36.9 Å². The largest absolute Gasteiger partial charge is 0.131 e. The normalized spacial score (nSPS) is 13.0. The highest BCUT2D eigenvalue weighted by Gasteiger charge is 2.32. The topological polar surface area (TPSA) is 0 Å². The Hall–Kier alpha value is 0.430. The average molecular weight is 483 g/mol. The molecule has 0 spiro atoms. The summed E-state index contributed by atoms with van der Waals surface area (Å²) in [6.45, 7) is 9.36. The van der Waals surface area contributed by atoms with Crippen LogP contribution in [0, 0.1) is 5.92 Å². The lowest BCUT2D eigenvalue weighted by atomic mass is 9.77. The van der Waals surface area contributed by atoms with Crippen LogP contribution in [-0.2, 0) is 0 Å². The summed E-state index contributed by atoms with van der Waals surface area (Å²) in [5.41, 5.74) is 0. The van der Waals surface area contributed by atoms with Gasteiger partial charge in [0, 0.05) is 0 Å². The first-order valence-electron chi connectivity index (χ1n) is 15.9. The quantitative estimate of drug-likeness (QED) is 0.0806. The van der Waals surface area contributed by atoms with E-state index in [9.17, 15) is 0 Å². The summed E-state index contributed by atoms with van der Waals surface area (Å²) < 4.78 is 0. The lowest BCUT2D eigenvalue weighted by molar-refractivity contribution is 0.270. The van der Waals surface area contributed by atoms with Crippen LogP contribution in [0.1, 0.15) is 195 Å². The van der Waals surface area contributed by atoms with Gasteiger partial charge < -0.3 is 0 Å². The summed E-state index contributed by atoms with van der Waals surface area (Å²) >= 11 is 0. The van der Waals surface area contributed by atoms with Gasteiger partial charge in [-0.1, -0.05) is 169 Å². The van der Waals surface area contributed by atoms with Gasteiger partial charge in [0.15, 0.2) is 0 Å². The van der Waals surface area contributed by atoms with Crippen molar-refractivity contribution in [3.63, 3.8) is 0 Å². The van der Waals surface area contributed by atoms with Crippen molar-refractivity contribution in [3.05, 3.63) is 0 Å². The maximum atomic E-state index is 3.49. The van der Waals surface area contributed by atoms with E-state index in [0.717, 1.165) is 5.92 Å². The van der Waals surface area contributed by atoms with E-state index in [0.29, 0.717) is 5.16 Å². The number of rotatable bonds is 27. The highest BCUT2D eigenvalue weighted by atomic mass is 31.0. The van der Waals surface area contributed by atoms with E-state index >= 15 is 0 Å². The van der Waals surface area contributed by atoms with Crippen LogP contribution >= 0.6 is 9.24 Å². The summed E-state index contributed by atoms with van der Waals surface area (Å²) in [7, 11) is 3.49. The van der Waals surface area contributed by atoms with Crippen LogP contribution in [0.3, 0.4) is 0 Å². The molecular formula is C32H67P. The van der Waals surface area contributed by atoms with Gasteiger partial charge in [0.25, 0.3) is 0 Å². The molecule has 0 bridgehead atoms. The van der Waals surface area contributed by atoms with Crippen molar-refractivity contribution in [1.29, 1.82) is 0 Å². The van der Waals surface area contributed by atoms with Gasteiger partial charge in [-0.2, -0.15) is 0 Å². The Morgan fingerprint density at radius 3 is 1.03 bits per heavy atom. The standard InChI is InChI=1S/C32H67P/c1-5-9-13-17-18-19-20-21-22-24-28-31(27-23-14-10-6-2)32(33,29-25-15-11-7-3)30-26-16-12-8-4/h31H,5-30,33H2,1-4H3. The Kier molecular flexibility index (Phi) is 25.9. The van der Waals surface area contributed by atoms with Crippen LogP contribution in [-0.4, -0.2) is 5.16 Å². The third-order valence-corrected chi connectivity index (χ3v) is 9.17. The van der Waals surface area contributed by atoms with Crippen molar-refractivity contribution in [2.75, 3.05) is 0 Å². The van der Waals surface area contributed by atoms with Gasteiger partial charge >= 0.3 is 0 Å². The minimum atomic E-state index is 0.521. The molecule has 0 fully saturated rings. The second-order valence-corrected chi connectivity index (χ2v) is 12.5. The Labute approximate surface area is 214 Å². The Morgan fingerprint density at radius 1 is 0.394 bits per heavy atom. The molecule has 0 aliphatic carbocycles. The monoisotopic (exact) mass is 482 g/mol. The zero-order valence-corrected chi connectivity index (χ0v) is 25.2. The lowest BCUT2D eigenvalue weighted by Crippen LogP contribution is -2.32. The fourth-order valence-corrected chi connectivity index (χ4v) is 6.45. The lowest BCUT2D eigenvalue weighted by Gasteiger charge is -2.39. The summed E-state index contributed by atoms with van der Waals surface area (Å²) in [4.78, 5) is 0. The van der Waals surface area contributed by atoms with E-state index in [-0.39, 0.29) is 0 Å². The second-order valence-electron chi connectivity index (χ2n) is 11.4. The van der Waals surface area contributed by atoms with Crippen molar-refractivity contribution >= 4 is 9.24 Å². The van der Waals surface area contributed by atoms with Gasteiger partial charge in [0.05, 0.1) is 0 Å². The Bertz CT molecular complexity index is 352. The molecule has 200 valence electrons. The molecule has 0 aromatic carbocycles. The number of hydrogen-bond donors (Lipinski definition) is 0. The minimum Gasteiger partial charge on any atom is -0.131 e. The predicted molar refractivity (Wildman–Crippen MR) is 159 cm³/mol. The molecule has 0 radical (unpaired) electrons. The van der Waals surface area contributed by atoms with Gasteiger partial charge in [-0.15, -0.1) is 9.24 Å². The van der Waals surface area contributed by atoms with E-state index in [1.54, 1.807) is 0 Å². The second kappa shape index (κ2) is 25.5. The van der Waals surface area contributed by atoms with E-state index in [4.69, 9.17) is 0 Å². The van der Waals surface area contributed by atoms with Crippen molar-refractivity contribution in [3.8, 4) is 0 Å². The summed E-state index contributed by atoms with van der Waals surface area (Å²) in [6, 6.07) is 0. The molecule has 0 saturated carbocycles. The van der Waals surface area contributed by atoms with Crippen LogP contribution in [0.2, 0.25) is 0 Å². The fraction of sp³-hybridized carbons (Fsp3) is 1.00. The molecule has 0 aliphatic rings. The van der Waals surface area contributed by atoms with Crippen LogP contribution in [0.25, 0.3) is 0 Å². The maximum absolute atomic E-state index is 3.49. The molecule has 0 saturated heterocycles. The molecule has 0 aromatic heterocycles. The molecule has 0 aliphatic heterocycles. The van der Waals surface area contributed by atoms with Gasteiger partial charge in [0.2, 0.25) is 0 Å². The highest BCUT2D eigenvalue weighted by molar-refractivity contribution is 7.19. The van der Waals surface area contributed by atoms with E-state index in [1.807, 2.05) is 0 Å². The van der Waals surface area contributed by atoms with Gasteiger partial charge in [-0.05, 0) is 36.8 Å². The maximum Gasteiger partial charge on any atom is -0.0122 e. The Balaban J connectivity index is 4.62. The SMILES string of the molecule is CCCCCCCCCCCCC(CCCCCC)C(P)(CCCCCC)CCCCCC. The zero-order chi connectivity index (χ0) is 24.5. The summed E-state index contributed by atoms with van der Waals surface area (Å²) in [5.74, 6) is 0.941. The van der Waals surface area contributed by atoms with Crippen molar-refractivity contribution in [2.45, 2.75) is 200 Å². The molecule has 0 N–H and O–H groups in total.